The molecule has 1 aromatic rings. The number of anilines is 1. The van der Waals surface area contributed by atoms with Gasteiger partial charge < -0.3 is 10.1 Å². The van der Waals surface area contributed by atoms with Crippen LogP contribution in [-0.4, -0.2) is 49.4 Å². The average molecular weight is 316 g/mol. The molecule has 1 amide bonds. The minimum Gasteiger partial charge on any atom is -0.379 e. The molecular weight excluding hydrogens is 289 g/mol. The van der Waals surface area contributed by atoms with Gasteiger partial charge in [-0.2, -0.15) is 0 Å². The van der Waals surface area contributed by atoms with Crippen LogP contribution in [0.5, 0.6) is 0 Å². The Bertz CT molecular complexity index is 543. The highest BCUT2D eigenvalue weighted by Crippen LogP contribution is 2.22. The second kappa shape index (κ2) is 7.93. The normalized spacial score (nSPS) is 16.2. The van der Waals surface area contributed by atoms with E-state index in [9.17, 15) is 4.79 Å². The summed E-state index contributed by atoms with van der Waals surface area (Å²) < 4.78 is 5.40. The smallest absolute Gasteiger partial charge is 0.231 e. The predicted molar refractivity (Wildman–Crippen MR) is 94.3 cm³/mol. The van der Waals surface area contributed by atoms with Gasteiger partial charge in [0.25, 0.3) is 0 Å². The number of nitrogens with zero attached hydrogens (tertiary/aromatic N) is 2. The van der Waals surface area contributed by atoms with Crippen LogP contribution in [-0.2, 0) is 16.1 Å². The molecule has 0 aliphatic carbocycles. The van der Waals surface area contributed by atoms with Gasteiger partial charge in [0.15, 0.2) is 7.28 Å². The average Bonchev–Trinajstić information content (AvgIpc) is 2.56. The summed E-state index contributed by atoms with van der Waals surface area (Å²) in [4.78, 5) is 19.1. The summed E-state index contributed by atoms with van der Waals surface area (Å²) in [7, 11) is 2.06. The van der Waals surface area contributed by atoms with Crippen LogP contribution in [0, 0.1) is 5.41 Å². The first-order valence-electron chi connectivity index (χ1n) is 8.36. The number of hydrogen-bond acceptors (Lipinski definition) is 4. The Morgan fingerprint density at radius 3 is 2.74 bits per heavy atom. The third kappa shape index (κ3) is 4.79. The van der Waals surface area contributed by atoms with E-state index in [0.717, 1.165) is 44.7 Å². The van der Waals surface area contributed by atoms with Crippen LogP contribution in [0.4, 0.5) is 5.82 Å². The molecule has 0 unspecified atom stereocenters. The molecule has 6 heteroatoms. The molecule has 0 bridgehead atoms. The highest BCUT2D eigenvalue weighted by molar-refractivity contribution is 6.52. The first-order valence-corrected chi connectivity index (χ1v) is 8.36. The maximum atomic E-state index is 12.3. The lowest BCUT2D eigenvalue weighted by Crippen LogP contribution is -2.37. The third-order valence-corrected chi connectivity index (χ3v) is 4.57. The summed E-state index contributed by atoms with van der Waals surface area (Å²) in [6.45, 7) is 12.2. The van der Waals surface area contributed by atoms with Crippen LogP contribution >= 0.6 is 0 Å². The number of rotatable bonds is 6. The standard InChI is InChI=1S/C17H27BN3O2/c1-5-17(2,3)16(22)20-15-10-13(14(18-4)11-19-15)12-21-6-8-23-9-7-21/h10-11H,5-9,12H2,1-4H3,(H,19,20,22). The van der Waals surface area contributed by atoms with Gasteiger partial charge in [0.1, 0.15) is 5.82 Å². The van der Waals surface area contributed by atoms with Crippen molar-refractivity contribution >= 4 is 24.5 Å². The van der Waals surface area contributed by atoms with Gasteiger partial charge >= 0.3 is 0 Å². The monoisotopic (exact) mass is 316 g/mol. The van der Waals surface area contributed by atoms with Crippen molar-refractivity contribution in [2.75, 3.05) is 31.6 Å². The summed E-state index contributed by atoms with van der Waals surface area (Å²) in [5, 5.41) is 2.95. The first kappa shape index (κ1) is 18.0. The zero-order valence-electron chi connectivity index (χ0n) is 14.7. The Morgan fingerprint density at radius 2 is 2.13 bits per heavy atom. The van der Waals surface area contributed by atoms with E-state index in [1.165, 1.54) is 5.56 Å². The molecule has 1 radical (unpaired) electrons. The predicted octanol–water partition coefficient (Wildman–Crippen LogP) is 1.67. The molecule has 125 valence electrons. The largest absolute Gasteiger partial charge is 0.379 e. The summed E-state index contributed by atoms with van der Waals surface area (Å²) in [5.41, 5.74) is 1.92. The van der Waals surface area contributed by atoms with Gasteiger partial charge in [-0.05, 0) is 18.1 Å². The van der Waals surface area contributed by atoms with Crippen LogP contribution < -0.4 is 10.8 Å². The van der Waals surface area contributed by atoms with E-state index in [4.69, 9.17) is 4.74 Å². The summed E-state index contributed by atoms with van der Waals surface area (Å²) in [5.74, 6) is 0.642. The fraction of sp³-hybridized carbons (Fsp3) is 0.647. The Balaban J connectivity index is 2.12. The van der Waals surface area contributed by atoms with Crippen molar-refractivity contribution < 1.29 is 9.53 Å². The van der Waals surface area contributed by atoms with E-state index in [1.54, 1.807) is 0 Å². The number of nitrogens with one attached hydrogen (secondary N) is 1. The summed E-state index contributed by atoms with van der Waals surface area (Å²) in [6.07, 6.45) is 2.63. The molecule has 1 N–H and O–H groups in total. The molecular formula is C17H27BN3O2. The molecule has 1 aliphatic heterocycles. The fourth-order valence-electron chi connectivity index (χ4n) is 2.42. The Kier molecular flexibility index (Phi) is 6.19. The van der Waals surface area contributed by atoms with Gasteiger partial charge in [0.05, 0.1) is 13.2 Å². The lowest BCUT2D eigenvalue weighted by atomic mass is 9.72. The molecule has 1 fully saturated rings. The van der Waals surface area contributed by atoms with Crippen molar-refractivity contribution in [3.05, 3.63) is 17.8 Å². The Labute approximate surface area is 140 Å². The van der Waals surface area contributed by atoms with Gasteiger partial charge in [-0.3, -0.25) is 9.69 Å². The van der Waals surface area contributed by atoms with Crippen LogP contribution in [0.2, 0.25) is 6.82 Å². The van der Waals surface area contributed by atoms with Crippen LogP contribution in [0.3, 0.4) is 0 Å². The molecule has 2 heterocycles. The number of aromatic nitrogens is 1. The van der Waals surface area contributed by atoms with Crippen molar-refractivity contribution in [1.82, 2.24) is 9.88 Å². The van der Waals surface area contributed by atoms with Gasteiger partial charge in [-0.25, -0.2) is 4.98 Å². The highest BCUT2D eigenvalue weighted by Gasteiger charge is 2.25. The Hall–Kier alpha value is -1.40. The molecule has 0 atom stereocenters. The lowest BCUT2D eigenvalue weighted by molar-refractivity contribution is -0.124. The van der Waals surface area contributed by atoms with Crippen molar-refractivity contribution in [3.8, 4) is 0 Å². The molecule has 2 rings (SSSR count). The van der Waals surface area contributed by atoms with Crippen molar-refractivity contribution in [1.29, 1.82) is 0 Å². The van der Waals surface area contributed by atoms with Crippen molar-refractivity contribution in [2.45, 2.75) is 40.6 Å². The molecule has 1 aromatic heterocycles. The molecule has 0 aromatic carbocycles. The zero-order valence-corrected chi connectivity index (χ0v) is 14.7. The third-order valence-electron chi connectivity index (χ3n) is 4.57. The molecule has 1 aliphatic rings. The number of hydrogen-bond donors (Lipinski definition) is 1. The SMILES string of the molecule is C[B]c1cnc(NC(=O)C(C)(C)CC)cc1CN1CCOCC1. The van der Waals surface area contributed by atoms with E-state index < -0.39 is 0 Å². The van der Waals surface area contributed by atoms with E-state index in [-0.39, 0.29) is 11.3 Å². The van der Waals surface area contributed by atoms with E-state index in [1.807, 2.05) is 39.9 Å². The number of amides is 1. The first-order chi connectivity index (χ1) is 11.0. The van der Waals surface area contributed by atoms with E-state index >= 15 is 0 Å². The number of ether oxygens (including phenoxy) is 1. The molecule has 0 saturated carbocycles. The van der Waals surface area contributed by atoms with E-state index in [0.29, 0.717) is 5.82 Å². The number of carbonyl (C=O) groups is 1. The molecule has 1 saturated heterocycles. The number of morpholine rings is 1. The number of pyridine rings is 1. The molecule has 23 heavy (non-hydrogen) atoms. The lowest BCUT2D eigenvalue weighted by Gasteiger charge is -2.27. The van der Waals surface area contributed by atoms with Gasteiger partial charge in [0.2, 0.25) is 5.91 Å². The minimum atomic E-state index is -0.387. The molecule has 0 spiro atoms. The quantitative estimate of drug-likeness (QED) is 0.811. The van der Waals surface area contributed by atoms with Crippen LogP contribution in [0.15, 0.2) is 12.3 Å². The minimum absolute atomic E-state index is 0.0121. The van der Waals surface area contributed by atoms with Gasteiger partial charge in [-0.1, -0.05) is 33.1 Å². The topological polar surface area (TPSA) is 54.5 Å². The Morgan fingerprint density at radius 1 is 1.43 bits per heavy atom. The molecule has 5 nitrogen and oxygen atoms in total. The van der Waals surface area contributed by atoms with Crippen molar-refractivity contribution in [3.63, 3.8) is 0 Å². The maximum absolute atomic E-state index is 12.3. The number of carbonyl (C=O) groups excluding carboxylic acids is 1. The second-order valence-corrected chi connectivity index (χ2v) is 6.64. The van der Waals surface area contributed by atoms with Crippen molar-refractivity contribution in [2.24, 2.45) is 5.41 Å². The van der Waals surface area contributed by atoms with Crippen LogP contribution in [0.25, 0.3) is 0 Å². The summed E-state index contributed by atoms with van der Waals surface area (Å²) >= 11 is 0. The van der Waals surface area contributed by atoms with Gasteiger partial charge in [-0.15, -0.1) is 0 Å². The van der Waals surface area contributed by atoms with E-state index in [2.05, 4.69) is 22.5 Å². The fourth-order valence-corrected chi connectivity index (χ4v) is 2.42. The maximum Gasteiger partial charge on any atom is 0.231 e. The van der Waals surface area contributed by atoms with Gasteiger partial charge in [0, 0.05) is 31.2 Å². The summed E-state index contributed by atoms with van der Waals surface area (Å²) in [6, 6.07) is 1.99. The second-order valence-electron chi connectivity index (χ2n) is 6.64. The van der Waals surface area contributed by atoms with Crippen LogP contribution in [0.1, 0.15) is 32.8 Å². The zero-order chi connectivity index (χ0) is 16.9. The highest BCUT2D eigenvalue weighted by atomic mass is 16.5.